The van der Waals surface area contributed by atoms with Gasteiger partial charge in [-0.05, 0) is 18.4 Å². The van der Waals surface area contributed by atoms with Crippen LogP contribution in [-0.4, -0.2) is 17.0 Å². The summed E-state index contributed by atoms with van der Waals surface area (Å²) in [5, 5.41) is 14.5. The Morgan fingerprint density at radius 1 is 1.35 bits per heavy atom. The molecule has 1 aliphatic rings. The molecule has 0 unspecified atom stereocenters. The third-order valence-corrected chi connectivity index (χ3v) is 4.07. The van der Waals surface area contributed by atoms with Gasteiger partial charge in [0.05, 0.1) is 0 Å². The van der Waals surface area contributed by atoms with Gasteiger partial charge in [-0.15, -0.1) is 0 Å². The van der Waals surface area contributed by atoms with Crippen molar-refractivity contribution in [2.75, 3.05) is 0 Å². The summed E-state index contributed by atoms with van der Waals surface area (Å²) in [7, 11) is 0. The summed E-state index contributed by atoms with van der Waals surface area (Å²) in [6, 6.07) is 7.27. The summed E-state index contributed by atoms with van der Waals surface area (Å²) in [6.07, 6.45) is 4.22. The molecular formula is C15H21N3O2. The van der Waals surface area contributed by atoms with Crippen molar-refractivity contribution in [3.8, 4) is 0 Å². The molecule has 1 saturated carbocycles. The number of oxime groups is 1. The third kappa shape index (κ3) is 3.10. The summed E-state index contributed by atoms with van der Waals surface area (Å²) in [5.74, 6) is 0.217. The van der Waals surface area contributed by atoms with E-state index in [0.29, 0.717) is 12.1 Å². The number of benzene rings is 1. The van der Waals surface area contributed by atoms with E-state index < -0.39 is 0 Å². The molecule has 1 aromatic rings. The maximum Gasteiger partial charge on any atom is 0.226 e. The molecule has 0 aromatic heterocycles. The molecule has 0 aliphatic heterocycles. The van der Waals surface area contributed by atoms with Gasteiger partial charge < -0.3 is 16.3 Å². The lowest BCUT2D eigenvalue weighted by Gasteiger charge is -2.22. The lowest BCUT2D eigenvalue weighted by Crippen LogP contribution is -2.36. The van der Waals surface area contributed by atoms with Gasteiger partial charge >= 0.3 is 0 Å². The smallest absolute Gasteiger partial charge is 0.226 e. The first-order valence-corrected chi connectivity index (χ1v) is 6.90. The van der Waals surface area contributed by atoms with Crippen LogP contribution in [0.25, 0.3) is 0 Å². The SMILES string of the molecule is CC1(C(=O)NCc2ccc(/C(N)=N/O)cc2)CCCC1. The van der Waals surface area contributed by atoms with E-state index in [1.807, 2.05) is 19.1 Å². The molecule has 4 N–H and O–H groups in total. The highest BCUT2D eigenvalue weighted by atomic mass is 16.4. The van der Waals surface area contributed by atoms with Crippen LogP contribution in [0.2, 0.25) is 0 Å². The van der Waals surface area contributed by atoms with Crippen LogP contribution in [0.5, 0.6) is 0 Å². The molecule has 0 bridgehead atoms. The molecule has 2 rings (SSSR count). The highest BCUT2D eigenvalue weighted by molar-refractivity contribution is 5.96. The van der Waals surface area contributed by atoms with Crippen LogP contribution in [0.3, 0.4) is 0 Å². The Morgan fingerprint density at radius 2 is 1.95 bits per heavy atom. The fraction of sp³-hybridized carbons (Fsp3) is 0.467. The molecular weight excluding hydrogens is 254 g/mol. The topological polar surface area (TPSA) is 87.7 Å². The molecule has 0 radical (unpaired) electrons. The van der Waals surface area contributed by atoms with E-state index in [9.17, 15) is 4.79 Å². The van der Waals surface area contributed by atoms with Crippen molar-refractivity contribution in [1.29, 1.82) is 0 Å². The monoisotopic (exact) mass is 275 g/mol. The van der Waals surface area contributed by atoms with Gasteiger partial charge in [0.25, 0.3) is 0 Å². The summed E-state index contributed by atoms with van der Waals surface area (Å²) in [6.45, 7) is 2.54. The van der Waals surface area contributed by atoms with Gasteiger partial charge in [0.2, 0.25) is 5.91 Å². The standard InChI is InChI=1S/C15H21N3O2/c1-15(8-2-3-9-15)14(19)17-10-11-4-6-12(7-5-11)13(16)18-20/h4-7,20H,2-3,8-10H2,1H3,(H2,16,18)(H,17,19). The number of hydrogen-bond donors (Lipinski definition) is 3. The second-order valence-corrected chi connectivity index (χ2v) is 5.63. The molecule has 1 amide bonds. The highest BCUT2D eigenvalue weighted by Gasteiger charge is 2.35. The molecule has 0 saturated heterocycles. The van der Waals surface area contributed by atoms with Gasteiger partial charge in [0.15, 0.2) is 5.84 Å². The molecule has 108 valence electrons. The minimum atomic E-state index is -0.200. The van der Waals surface area contributed by atoms with Crippen molar-refractivity contribution in [3.05, 3.63) is 35.4 Å². The Hall–Kier alpha value is -2.04. The van der Waals surface area contributed by atoms with E-state index >= 15 is 0 Å². The van der Waals surface area contributed by atoms with Crippen LogP contribution in [0.4, 0.5) is 0 Å². The first-order valence-electron chi connectivity index (χ1n) is 6.90. The first kappa shape index (κ1) is 14.4. The Morgan fingerprint density at radius 3 is 2.50 bits per heavy atom. The zero-order chi connectivity index (χ0) is 14.6. The lowest BCUT2D eigenvalue weighted by atomic mass is 9.88. The van der Waals surface area contributed by atoms with Gasteiger partial charge in [-0.1, -0.05) is 49.2 Å². The molecule has 5 nitrogen and oxygen atoms in total. The fourth-order valence-electron chi connectivity index (χ4n) is 2.63. The Labute approximate surface area is 118 Å². The molecule has 0 spiro atoms. The average Bonchev–Trinajstić information content (AvgIpc) is 2.92. The average molecular weight is 275 g/mol. The van der Waals surface area contributed by atoms with Gasteiger partial charge in [0, 0.05) is 17.5 Å². The zero-order valence-corrected chi connectivity index (χ0v) is 11.7. The number of nitrogens with two attached hydrogens (primary N) is 1. The van der Waals surface area contributed by atoms with Crippen molar-refractivity contribution in [3.63, 3.8) is 0 Å². The molecule has 0 atom stereocenters. The third-order valence-electron chi connectivity index (χ3n) is 4.07. The number of nitrogens with one attached hydrogen (secondary N) is 1. The quantitative estimate of drug-likeness (QED) is 0.340. The van der Waals surface area contributed by atoms with Crippen LogP contribution in [-0.2, 0) is 11.3 Å². The molecule has 0 heterocycles. The maximum atomic E-state index is 12.2. The van der Waals surface area contributed by atoms with Crippen LogP contribution in [0.1, 0.15) is 43.7 Å². The Bertz CT molecular complexity index is 502. The first-order chi connectivity index (χ1) is 9.55. The highest BCUT2D eigenvalue weighted by Crippen LogP contribution is 2.37. The van der Waals surface area contributed by atoms with Crippen molar-refractivity contribution >= 4 is 11.7 Å². The second-order valence-electron chi connectivity index (χ2n) is 5.63. The maximum absolute atomic E-state index is 12.2. The van der Waals surface area contributed by atoms with E-state index in [2.05, 4.69) is 10.5 Å². The minimum Gasteiger partial charge on any atom is -0.409 e. The van der Waals surface area contributed by atoms with Crippen LogP contribution < -0.4 is 11.1 Å². The molecule has 5 heteroatoms. The van der Waals surface area contributed by atoms with E-state index in [0.717, 1.165) is 31.2 Å². The predicted octanol–water partition coefficient (Wildman–Crippen LogP) is 1.98. The summed E-state index contributed by atoms with van der Waals surface area (Å²) >= 11 is 0. The van der Waals surface area contributed by atoms with E-state index in [1.165, 1.54) is 0 Å². The number of carbonyl (C=O) groups is 1. The normalized spacial score (nSPS) is 17.9. The predicted molar refractivity (Wildman–Crippen MR) is 77.4 cm³/mol. The lowest BCUT2D eigenvalue weighted by molar-refractivity contribution is -0.130. The molecule has 1 fully saturated rings. The van der Waals surface area contributed by atoms with Crippen LogP contribution in [0.15, 0.2) is 29.4 Å². The van der Waals surface area contributed by atoms with Gasteiger partial charge in [-0.25, -0.2) is 0 Å². The van der Waals surface area contributed by atoms with E-state index in [-0.39, 0.29) is 17.2 Å². The van der Waals surface area contributed by atoms with Crippen LogP contribution in [0, 0.1) is 5.41 Å². The Balaban J connectivity index is 1.92. The van der Waals surface area contributed by atoms with Gasteiger partial charge in [-0.2, -0.15) is 0 Å². The number of rotatable bonds is 4. The zero-order valence-electron chi connectivity index (χ0n) is 11.7. The van der Waals surface area contributed by atoms with Crippen LogP contribution >= 0.6 is 0 Å². The second kappa shape index (κ2) is 5.94. The molecule has 20 heavy (non-hydrogen) atoms. The van der Waals surface area contributed by atoms with Crippen molar-refractivity contribution < 1.29 is 10.0 Å². The number of amides is 1. The fourth-order valence-corrected chi connectivity index (χ4v) is 2.63. The van der Waals surface area contributed by atoms with Gasteiger partial charge in [-0.3, -0.25) is 4.79 Å². The van der Waals surface area contributed by atoms with Crippen molar-refractivity contribution in [2.45, 2.75) is 39.2 Å². The number of amidine groups is 1. The van der Waals surface area contributed by atoms with Crippen molar-refractivity contribution in [2.24, 2.45) is 16.3 Å². The summed E-state index contributed by atoms with van der Waals surface area (Å²) in [5.41, 5.74) is 6.95. The van der Waals surface area contributed by atoms with Crippen molar-refractivity contribution in [1.82, 2.24) is 5.32 Å². The van der Waals surface area contributed by atoms with E-state index in [1.54, 1.807) is 12.1 Å². The molecule has 1 aromatic carbocycles. The van der Waals surface area contributed by atoms with Gasteiger partial charge in [0.1, 0.15) is 0 Å². The Kier molecular flexibility index (Phi) is 4.27. The number of carbonyl (C=O) groups excluding carboxylic acids is 1. The number of hydrogen-bond acceptors (Lipinski definition) is 3. The summed E-state index contributed by atoms with van der Waals surface area (Å²) in [4.78, 5) is 12.2. The number of nitrogens with zero attached hydrogens (tertiary/aromatic N) is 1. The summed E-state index contributed by atoms with van der Waals surface area (Å²) < 4.78 is 0. The minimum absolute atomic E-state index is 0.0825. The molecule has 1 aliphatic carbocycles. The van der Waals surface area contributed by atoms with E-state index in [4.69, 9.17) is 10.9 Å². The largest absolute Gasteiger partial charge is 0.409 e.